The summed E-state index contributed by atoms with van der Waals surface area (Å²) in [6, 6.07) is 18.3. The normalized spacial score (nSPS) is 13.0. The molecule has 0 fully saturated rings. The van der Waals surface area contributed by atoms with Crippen molar-refractivity contribution >= 4 is 11.7 Å². The molecule has 2 aromatic carbocycles. The highest BCUT2D eigenvalue weighted by Gasteiger charge is 2.46. The van der Waals surface area contributed by atoms with Gasteiger partial charge in [0.2, 0.25) is 0 Å². The Morgan fingerprint density at radius 1 is 0.833 bits per heavy atom. The minimum absolute atomic E-state index is 0.609. The molecule has 0 aliphatic carbocycles. The Morgan fingerprint density at radius 2 is 1.33 bits per heavy atom. The van der Waals surface area contributed by atoms with E-state index in [2.05, 4.69) is 29.3 Å². The Kier molecular flexibility index (Phi) is 4.93. The third-order valence-electron chi connectivity index (χ3n) is 5.18. The summed E-state index contributed by atoms with van der Waals surface area (Å²) in [4.78, 5) is 16.1. The summed E-state index contributed by atoms with van der Waals surface area (Å²) < 4.78 is 0. The standard InChI is InChI=1S/C21H25NO2/c1-20(2,21(3,4)19(23)24)18(22-5)17-13-11-16(12-14-17)15-9-7-6-8-10-15/h6-14H,1-5H3,(H,23,24). The first kappa shape index (κ1) is 17.9. The fraction of sp³-hybridized carbons (Fsp3) is 0.333. The van der Waals surface area contributed by atoms with E-state index in [4.69, 9.17) is 0 Å². The zero-order valence-electron chi connectivity index (χ0n) is 15.0. The zero-order valence-corrected chi connectivity index (χ0v) is 15.0. The van der Waals surface area contributed by atoms with Crippen LogP contribution >= 0.6 is 0 Å². The number of carbonyl (C=O) groups is 1. The lowest BCUT2D eigenvalue weighted by atomic mass is 9.63. The van der Waals surface area contributed by atoms with Gasteiger partial charge in [-0.15, -0.1) is 0 Å². The lowest BCUT2D eigenvalue weighted by Crippen LogP contribution is -2.45. The highest BCUT2D eigenvalue weighted by atomic mass is 16.4. The number of carboxylic acid groups (broad SMARTS) is 1. The Morgan fingerprint density at radius 3 is 1.79 bits per heavy atom. The van der Waals surface area contributed by atoms with Crippen LogP contribution in [-0.4, -0.2) is 23.8 Å². The van der Waals surface area contributed by atoms with Crippen molar-refractivity contribution in [2.45, 2.75) is 27.7 Å². The van der Waals surface area contributed by atoms with Crippen LogP contribution in [0.4, 0.5) is 0 Å². The molecule has 0 unspecified atom stereocenters. The Bertz CT molecular complexity index is 741. The molecule has 2 aromatic rings. The van der Waals surface area contributed by atoms with Gasteiger partial charge in [-0.1, -0.05) is 68.4 Å². The van der Waals surface area contributed by atoms with E-state index in [1.807, 2.05) is 44.2 Å². The summed E-state index contributed by atoms with van der Waals surface area (Å²) in [5, 5.41) is 9.61. The summed E-state index contributed by atoms with van der Waals surface area (Å²) in [6.45, 7) is 7.38. The smallest absolute Gasteiger partial charge is 0.310 e. The van der Waals surface area contributed by atoms with Crippen LogP contribution in [0.1, 0.15) is 33.3 Å². The Balaban J connectivity index is 2.41. The van der Waals surface area contributed by atoms with Crippen LogP contribution < -0.4 is 0 Å². The first-order valence-electron chi connectivity index (χ1n) is 8.08. The van der Waals surface area contributed by atoms with E-state index in [1.54, 1.807) is 20.9 Å². The number of nitrogens with zero attached hydrogens (tertiary/aromatic N) is 1. The SMILES string of the molecule is CN=C(c1ccc(-c2ccccc2)cc1)C(C)(C)C(C)(C)C(=O)O. The quantitative estimate of drug-likeness (QED) is 0.795. The molecule has 2 rings (SSSR count). The molecule has 0 radical (unpaired) electrons. The van der Waals surface area contributed by atoms with Crippen LogP contribution in [0.15, 0.2) is 59.6 Å². The molecule has 0 aliphatic rings. The van der Waals surface area contributed by atoms with Crippen molar-refractivity contribution in [1.29, 1.82) is 0 Å². The van der Waals surface area contributed by atoms with Gasteiger partial charge in [0.05, 0.1) is 5.41 Å². The molecular formula is C21H25NO2. The van der Waals surface area contributed by atoms with Crippen LogP contribution in [0.25, 0.3) is 11.1 Å². The molecule has 0 bridgehead atoms. The second-order valence-electron chi connectivity index (χ2n) is 7.07. The number of carboxylic acids is 1. The van der Waals surface area contributed by atoms with Gasteiger partial charge in [0.1, 0.15) is 0 Å². The van der Waals surface area contributed by atoms with Crippen molar-refractivity contribution in [1.82, 2.24) is 0 Å². The molecule has 3 nitrogen and oxygen atoms in total. The molecule has 0 saturated carbocycles. The molecule has 0 atom stereocenters. The molecular weight excluding hydrogens is 298 g/mol. The molecule has 0 heterocycles. The topological polar surface area (TPSA) is 49.7 Å². The van der Waals surface area contributed by atoms with Crippen LogP contribution in [0.3, 0.4) is 0 Å². The first-order valence-corrected chi connectivity index (χ1v) is 8.08. The van der Waals surface area contributed by atoms with Crippen molar-refractivity contribution in [2.75, 3.05) is 7.05 Å². The lowest BCUT2D eigenvalue weighted by molar-refractivity contribution is -0.151. The molecule has 0 amide bonds. The van der Waals surface area contributed by atoms with Gasteiger partial charge in [-0.25, -0.2) is 0 Å². The van der Waals surface area contributed by atoms with E-state index >= 15 is 0 Å². The van der Waals surface area contributed by atoms with Gasteiger partial charge in [0.15, 0.2) is 0 Å². The van der Waals surface area contributed by atoms with E-state index in [1.165, 1.54) is 0 Å². The fourth-order valence-electron chi connectivity index (χ4n) is 2.78. The second-order valence-corrected chi connectivity index (χ2v) is 7.07. The van der Waals surface area contributed by atoms with Gasteiger partial charge in [-0.05, 0) is 30.5 Å². The van der Waals surface area contributed by atoms with Crippen LogP contribution in [-0.2, 0) is 4.79 Å². The molecule has 3 heteroatoms. The first-order chi connectivity index (χ1) is 11.2. The largest absolute Gasteiger partial charge is 0.481 e. The third-order valence-corrected chi connectivity index (χ3v) is 5.18. The summed E-state index contributed by atoms with van der Waals surface area (Å²) >= 11 is 0. The highest BCUT2D eigenvalue weighted by Crippen LogP contribution is 2.42. The lowest BCUT2D eigenvalue weighted by Gasteiger charge is -2.39. The fourth-order valence-corrected chi connectivity index (χ4v) is 2.78. The third kappa shape index (κ3) is 3.12. The van der Waals surface area contributed by atoms with E-state index in [-0.39, 0.29) is 0 Å². The average molecular weight is 323 g/mol. The molecule has 0 aromatic heterocycles. The van der Waals surface area contributed by atoms with E-state index < -0.39 is 16.8 Å². The number of hydrogen-bond donors (Lipinski definition) is 1. The number of aliphatic imine (C=N–C) groups is 1. The Labute approximate surface area is 144 Å². The number of rotatable bonds is 5. The van der Waals surface area contributed by atoms with Gasteiger partial charge in [0, 0.05) is 18.2 Å². The maximum absolute atomic E-state index is 11.7. The van der Waals surface area contributed by atoms with Crippen molar-refractivity contribution in [3.63, 3.8) is 0 Å². The highest BCUT2D eigenvalue weighted by molar-refractivity contribution is 6.07. The van der Waals surface area contributed by atoms with Crippen molar-refractivity contribution in [3.8, 4) is 11.1 Å². The molecule has 1 N–H and O–H groups in total. The minimum atomic E-state index is -0.931. The Hall–Kier alpha value is -2.42. The summed E-state index contributed by atoms with van der Waals surface area (Å²) in [7, 11) is 1.72. The van der Waals surface area contributed by atoms with Crippen molar-refractivity contribution in [3.05, 3.63) is 60.2 Å². The van der Waals surface area contributed by atoms with Crippen LogP contribution in [0, 0.1) is 10.8 Å². The molecule has 126 valence electrons. The van der Waals surface area contributed by atoms with Crippen LogP contribution in [0.2, 0.25) is 0 Å². The molecule has 0 spiro atoms. The summed E-state index contributed by atoms with van der Waals surface area (Å²) in [6.07, 6.45) is 0. The maximum atomic E-state index is 11.7. The second kappa shape index (κ2) is 6.60. The minimum Gasteiger partial charge on any atom is -0.481 e. The molecule has 24 heavy (non-hydrogen) atoms. The number of benzene rings is 2. The molecule has 0 saturated heterocycles. The van der Waals surface area contributed by atoms with E-state index in [0.29, 0.717) is 0 Å². The number of aliphatic carboxylic acids is 1. The summed E-state index contributed by atoms with van der Waals surface area (Å²) in [5.41, 5.74) is 2.50. The van der Waals surface area contributed by atoms with Gasteiger partial charge in [-0.2, -0.15) is 0 Å². The van der Waals surface area contributed by atoms with Crippen molar-refractivity contribution in [2.24, 2.45) is 15.8 Å². The van der Waals surface area contributed by atoms with Gasteiger partial charge >= 0.3 is 5.97 Å². The van der Waals surface area contributed by atoms with Gasteiger partial charge < -0.3 is 5.11 Å². The van der Waals surface area contributed by atoms with Gasteiger partial charge in [0.25, 0.3) is 0 Å². The predicted molar refractivity (Wildman–Crippen MR) is 99.5 cm³/mol. The monoisotopic (exact) mass is 323 g/mol. The zero-order chi connectivity index (χ0) is 18.0. The number of hydrogen-bond acceptors (Lipinski definition) is 2. The van der Waals surface area contributed by atoms with E-state index in [0.717, 1.165) is 22.4 Å². The van der Waals surface area contributed by atoms with Gasteiger partial charge in [-0.3, -0.25) is 9.79 Å². The molecule has 0 aliphatic heterocycles. The predicted octanol–water partition coefficient (Wildman–Crippen LogP) is 4.91. The van der Waals surface area contributed by atoms with E-state index in [9.17, 15) is 9.90 Å². The maximum Gasteiger partial charge on any atom is 0.310 e. The van der Waals surface area contributed by atoms with Crippen molar-refractivity contribution < 1.29 is 9.90 Å². The average Bonchev–Trinajstić information content (AvgIpc) is 2.56. The van der Waals surface area contributed by atoms with Crippen LogP contribution in [0.5, 0.6) is 0 Å². The summed E-state index contributed by atoms with van der Waals surface area (Å²) in [5.74, 6) is -0.824.